The zero-order valence-corrected chi connectivity index (χ0v) is 10.5. The molecule has 1 aromatic rings. The lowest BCUT2D eigenvalue weighted by Crippen LogP contribution is -2.08. The number of hydrogen-bond donors (Lipinski definition) is 1. The largest absolute Gasteiger partial charge is 0.487 e. The number of halogens is 2. The smallest absolute Gasteiger partial charge is 0.312 e. The average molecular weight is 280 g/mol. The third-order valence-corrected chi connectivity index (χ3v) is 2.71. The zero-order valence-electron chi connectivity index (χ0n) is 9.02. The fraction of sp³-hybridized carbons (Fsp3) is 0.400. The normalized spacial score (nSPS) is 12.2. The maximum Gasteiger partial charge on any atom is 0.312 e. The SMILES string of the molecule is CC(O)CCOc1cc(Cl)c(Cl)cc1[N+](=O)[O-]. The quantitative estimate of drug-likeness (QED) is 0.664. The Bertz CT molecular complexity index is 423. The van der Waals surface area contributed by atoms with Crippen molar-refractivity contribution in [2.75, 3.05) is 6.61 Å². The van der Waals surface area contributed by atoms with Crippen LogP contribution in [0.2, 0.25) is 10.0 Å². The fourth-order valence-corrected chi connectivity index (χ4v) is 1.43. The Morgan fingerprint density at radius 1 is 1.47 bits per heavy atom. The van der Waals surface area contributed by atoms with E-state index in [2.05, 4.69) is 0 Å². The second kappa shape index (κ2) is 6.05. The summed E-state index contributed by atoms with van der Waals surface area (Å²) in [5.41, 5.74) is -0.245. The molecule has 0 bridgehead atoms. The Hall–Kier alpha value is -1.04. The van der Waals surface area contributed by atoms with Crippen molar-refractivity contribution in [1.82, 2.24) is 0 Å². The van der Waals surface area contributed by atoms with Gasteiger partial charge < -0.3 is 9.84 Å². The van der Waals surface area contributed by atoms with Crippen LogP contribution in [0.15, 0.2) is 12.1 Å². The fourth-order valence-electron chi connectivity index (χ4n) is 1.12. The van der Waals surface area contributed by atoms with Crippen LogP contribution in [0.5, 0.6) is 5.75 Å². The molecule has 0 saturated carbocycles. The molecule has 0 aromatic heterocycles. The Morgan fingerprint density at radius 3 is 2.59 bits per heavy atom. The number of benzene rings is 1. The summed E-state index contributed by atoms with van der Waals surface area (Å²) in [7, 11) is 0. The number of hydrogen-bond acceptors (Lipinski definition) is 4. The Morgan fingerprint density at radius 2 is 2.06 bits per heavy atom. The van der Waals surface area contributed by atoms with Gasteiger partial charge in [-0.25, -0.2) is 0 Å². The van der Waals surface area contributed by atoms with Crippen molar-refractivity contribution in [1.29, 1.82) is 0 Å². The van der Waals surface area contributed by atoms with Gasteiger partial charge in [0.2, 0.25) is 0 Å². The van der Waals surface area contributed by atoms with Gasteiger partial charge in [-0.2, -0.15) is 0 Å². The lowest BCUT2D eigenvalue weighted by Gasteiger charge is -2.09. The lowest BCUT2D eigenvalue weighted by atomic mass is 10.3. The molecule has 7 heteroatoms. The number of rotatable bonds is 5. The lowest BCUT2D eigenvalue weighted by molar-refractivity contribution is -0.385. The summed E-state index contributed by atoms with van der Waals surface area (Å²) < 4.78 is 5.20. The number of ether oxygens (including phenoxy) is 1. The first-order valence-corrected chi connectivity index (χ1v) is 5.61. The molecule has 1 atom stereocenters. The minimum Gasteiger partial charge on any atom is -0.487 e. The second-order valence-electron chi connectivity index (χ2n) is 3.48. The van der Waals surface area contributed by atoms with Gasteiger partial charge in [0.15, 0.2) is 5.75 Å². The van der Waals surface area contributed by atoms with Gasteiger partial charge in [0.05, 0.1) is 27.7 Å². The number of aliphatic hydroxyl groups excluding tert-OH is 1. The van der Waals surface area contributed by atoms with Gasteiger partial charge in [-0.3, -0.25) is 10.1 Å². The molecule has 0 aliphatic heterocycles. The second-order valence-corrected chi connectivity index (χ2v) is 4.29. The van der Waals surface area contributed by atoms with Gasteiger partial charge in [-0.15, -0.1) is 0 Å². The van der Waals surface area contributed by atoms with Gasteiger partial charge >= 0.3 is 5.69 Å². The summed E-state index contributed by atoms with van der Waals surface area (Å²) in [5, 5.41) is 20.1. The van der Waals surface area contributed by atoms with E-state index >= 15 is 0 Å². The van der Waals surface area contributed by atoms with Crippen LogP contribution >= 0.6 is 23.2 Å². The highest BCUT2D eigenvalue weighted by Gasteiger charge is 2.18. The summed E-state index contributed by atoms with van der Waals surface area (Å²) in [6.07, 6.45) is -0.158. The molecule has 0 aliphatic rings. The highest BCUT2D eigenvalue weighted by atomic mass is 35.5. The van der Waals surface area contributed by atoms with Crippen LogP contribution in [-0.2, 0) is 0 Å². The van der Waals surface area contributed by atoms with E-state index in [1.807, 2.05) is 0 Å². The molecule has 0 amide bonds. The van der Waals surface area contributed by atoms with Crippen LogP contribution in [0.3, 0.4) is 0 Å². The van der Waals surface area contributed by atoms with Crippen molar-refractivity contribution < 1.29 is 14.8 Å². The van der Waals surface area contributed by atoms with Crippen LogP contribution in [0.4, 0.5) is 5.69 Å². The maximum absolute atomic E-state index is 10.8. The number of nitrogens with zero attached hydrogens (tertiary/aromatic N) is 1. The first-order valence-electron chi connectivity index (χ1n) is 4.86. The first-order chi connectivity index (χ1) is 7.91. The van der Waals surface area contributed by atoms with E-state index in [1.165, 1.54) is 6.07 Å². The predicted octanol–water partition coefficient (Wildman–Crippen LogP) is 3.05. The number of nitro benzene ring substituents is 1. The minimum atomic E-state index is -0.597. The first kappa shape index (κ1) is 14.0. The molecule has 94 valence electrons. The third-order valence-electron chi connectivity index (χ3n) is 1.99. The predicted molar refractivity (Wildman–Crippen MR) is 64.9 cm³/mol. The van der Waals surface area contributed by atoms with Crippen LogP contribution in [0.25, 0.3) is 0 Å². The van der Waals surface area contributed by atoms with Gasteiger partial charge in [-0.1, -0.05) is 23.2 Å². The molecule has 0 spiro atoms. The van der Waals surface area contributed by atoms with Crippen molar-refractivity contribution in [2.45, 2.75) is 19.4 Å². The Labute approximate surface area is 108 Å². The molecular weight excluding hydrogens is 269 g/mol. The van der Waals surface area contributed by atoms with E-state index in [0.29, 0.717) is 6.42 Å². The van der Waals surface area contributed by atoms with E-state index in [1.54, 1.807) is 6.92 Å². The summed E-state index contributed by atoms with van der Waals surface area (Å²) in [6.45, 7) is 1.77. The van der Waals surface area contributed by atoms with Crippen LogP contribution in [-0.4, -0.2) is 22.7 Å². The van der Waals surface area contributed by atoms with Crippen molar-refractivity contribution in [3.63, 3.8) is 0 Å². The Balaban J connectivity index is 2.89. The van der Waals surface area contributed by atoms with Crippen LogP contribution in [0, 0.1) is 10.1 Å². The van der Waals surface area contributed by atoms with E-state index < -0.39 is 11.0 Å². The third kappa shape index (κ3) is 4.03. The molecule has 0 heterocycles. The molecular formula is C10H11Cl2NO4. The van der Waals surface area contributed by atoms with Crippen molar-refractivity contribution in [3.05, 3.63) is 32.3 Å². The average Bonchev–Trinajstić information content (AvgIpc) is 2.22. The summed E-state index contributed by atoms with van der Waals surface area (Å²) >= 11 is 11.4. The van der Waals surface area contributed by atoms with Crippen molar-refractivity contribution in [3.8, 4) is 5.75 Å². The number of aliphatic hydroxyl groups is 1. The minimum absolute atomic E-state index is 0.0463. The highest BCUT2D eigenvalue weighted by Crippen LogP contribution is 2.35. The van der Waals surface area contributed by atoms with E-state index in [0.717, 1.165) is 6.07 Å². The molecule has 0 fully saturated rings. The van der Waals surface area contributed by atoms with Crippen molar-refractivity contribution in [2.24, 2.45) is 0 Å². The molecule has 17 heavy (non-hydrogen) atoms. The molecule has 1 unspecified atom stereocenters. The molecule has 1 rings (SSSR count). The summed E-state index contributed by atoms with van der Waals surface area (Å²) in [5.74, 6) is 0.0463. The van der Waals surface area contributed by atoms with Crippen LogP contribution < -0.4 is 4.74 Å². The van der Waals surface area contributed by atoms with Gasteiger partial charge in [0.1, 0.15) is 0 Å². The molecule has 5 nitrogen and oxygen atoms in total. The van der Waals surface area contributed by atoms with Gasteiger partial charge in [-0.05, 0) is 6.92 Å². The molecule has 1 aromatic carbocycles. The van der Waals surface area contributed by atoms with Crippen LogP contribution in [0.1, 0.15) is 13.3 Å². The monoisotopic (exact) mass is 279 g/mol. The van der Waals surface area contributed by atoms with Gasteiger partial charge in [0.25, 0.3) is 0 Å². The van der Waals surface area contributed by atoms with Gasteiger partial charge in [0, 0.05) is 18.6 Å². The highest BCUT2D eigenvalue weighted by molar-refractivity contribution is 6.42. The number of nitro groups is 1. The standard InChI is InChI=1S/C10H11Cl2NO4/c1-6(14)2-3-17-10-5-8(12)7(11)4-9(10)13(15)16/h4-6,14H,2-3H2,1H3. The zero-order chi connectivity index (χ0) is 13.0. The van der Waals surface area contributed by atoms with Crippen molar-refractivity contribution >= 4 is 28.9 Å². The van der Waals surface area contributed by atoms with E-state index in [9.17, 15) is 10.1 Å². The van der Waals surface area contributed by atoms with E-state index in [-0.39, 0.29) is 28.1 Å². The van der Waals surface area contributed by atoms with E-state index in [4.69, 9.17) is 33.0 Å². The molecule has 1 N–H and O–H groups in total. The summed E-state index contributed by atoms with van der Waals surface area (Å²) in [6, 6.07) is 2.44. The molecule has 0 aliphatic carbocycles. The topological polar surface area (TPSA) is 72.6 Å². The molecule has 0 saturated heterocycles. The maximum atomic E-state index is 10.8. The molecule has 0 radical (unpaired) electrons. The summed E-state index contributed by atoms with van der Waals surface area (Å²) in [4.78, 5) is 10.2. The Kier molecular flexibility index (Phi) is 4.99.